The summed E-state index contributed by atoms with van der Waals surface area (Å²) in [6.07, 6.45) is 4.36. The minimum Gasteiger partial charge on any atom is -0.442 e. The maximum Gasteiger partial charge on any atom is 0.260 e. The maximum atomic E-state index is 13.0. The van der Waals surface area contributed by atoms with Crippen molar-refractivity contribution >= 4 is 86.8 Å². The minimum atomic E-state index is -0.252. The van der Waals surface area contributed by atoms with Gasteiger partial charge in [-0.2, -0.15) is 0 Å². The fraction of sp³-hybridized carbons (Fsp3) is 0.297. The number of halogens is 2. The Morgan fingerprint density at radius 1 is 0.863 bits per heavy atom. The lowest BCUT2D eigenvalue weighted by Crippen LogP contribution is -2.31. The number of furan rings is 2. The van der Waals surface area contributed by atoms with E-state index in [-0.39, 0.29) is 17.9 Å². The highest BCUT2D eigenvalue weighted by molar-refractivity contribution is 9.10. The first-order valence-electron chi connectivity index (χ1n) is 16.8. The van der Waals surface area contributed by atoms with Gasteiger partial charge in [-0.3, -0.25) is 19.6 Å². The number of para-hydroxylation sites is 1. The Kier molecular flexibility index (Phi) is 10.6. The molecule has 2 N–H and O–H groups in total. The second-order valence-corrected chi connectivity index (χ2v) is 13.0. The van der Waals surface area contributed by atoms with Crippen LogP contribution in [-0.4, -0.2) is 71.6 Å². The van der Waals surface area contributed by atoms with Crippen molar-refractivity contribution in [2.75, 3.05) is 30.3 Å². The second-order valence-electron chi connectivity index (χ2n) is 11.8. The Morgan fingerprint density at radius 3 is 2.10 bits per heavy atom. The Balaban J connectivity index is 0.000000169. The van der Waals surface area contributed by atoms with Crippen molar-refractivity contribution in [3.05, 3.63) is 91.3 Å². The van der Waals surface area contributed by atoms with Gasteiger partial charge in [0.15, 0.2) is 0 Å². The Hall–Kier alpha value is -5.01. The largest absolute Gasteiger partial charge is 0.442 e. The fourth-order valence-corrected chi connectivity index (χ4v) is 6.61. The molecule has 0 fully saturated rings. The first kappa shape index (κ1) is 35.8. The lowest BCUT2D eigenvalue weighted by molar-refractivity contribution is 0.101. The summed E-state index contributed by atoms with van der Waals surface area (Å²) in [7, 11) is 0. The molecule has 0 aliphatic carbocycles. The molecule has 4 aliphatic rings. The quantitative estimate of drug-likeness (QED) is 0.208. The molecule has 8 rings (SSSR count). The van der Waals surface area contributed by atoms with Crippen LogP contribution in [-0.2, 0) is 0 Å². The fourth-order valence-electron chi connectivity index (χ4n) is 6.05. The van der Waals surface area contributed by atoms with Gasteiger partial charge < -0.3 is 29.3 Å². The van der Waals surface area contributed by atoms with Gasteiger partial charge in [0.25, 0.3) is 11.8 Å². The third-order valence-corrected chi connectivity index (χ3v) is 9.73. The number of carbonyl (C=O) groups is 2. The van der Waals surface area contributed by atoms with E-state index >= 15 is 0 Å². The molecular weight excluding hydrogens is 736 g/mol. The predicted octanol–water partition coefficient (Wildman–Crippen LogP) is 8.68. The van der Waals surface area contributed by atoms with Gasteiger partial charge in [-0.15, -0.1) is 0 Å². The molecule has 0 saturated carbocycles. The van der Waals surface area contributed by atoms with Crippen molar-refractivity contribution < 1.29 is 18.4 Å². The average Bonchev–Trinajstić information content (AvgIpc) is 3.91. The SMILES string of the molecule is CC.CCC1CN2C=Nc3oc(C)c(C(=O)Nc4cccc(Cl)c4C)c3C2=N1.Cc1oc2c(c1C(=O)Nc1ccccc1Br)C1=NCCN1C=N2. The van der Waals surface area contributed by atoms with Crippen molar-refractivity contribution in [3.8, 4) is 0 Å². The molecule has 264 valence electrons. The van der Waals surface area contributed by atoms with Gasteiger partial charge in [0, 0.05) is 28.3 Å². The summed E-state index contributed by atoms with van der Waals surface area (Å²) in [5.74, 6) is 2.96. The number of hydrogen-bond acceptors (Lipinski definition) is 10. The standard InChI is InChI=1S/C19H19ClN4O2.C16H13BrN4O2.C2H6/c1-4-12-8-24-9-21-19-16(17(24)22-12)15(11(3)26-19)18(25)23-14-7-5-6-13(20)10(14)2;1-9-12(15(22)20-11-5-3-2-4-10(11)17)13-14-18-6-7-21(14)8-19-16(13)23-9;1-2/h5-7,9,12H,4,8H2,1-3H3,(H,23,25);2-5,8H,6-7H2,1H3,(H,20,22);1-2H3. The molecular formula is C37H38BrClN8O4. The number of anilines is 2. The number of fused-ring (bicyclic) bond motifs is 6. The number of amides is 2. The summed E-state index contributed by atoms with van der Waals surface area (Å²) in [5, 5.41) is 6.46. The molecule has 12 nitrogen and oxygen atoms in total. The lowest BCUT2D eigenvalue weighted by Gasteiger charge is -2.18. The van der Waals surface area contributed by atoms with Gasteiger partial charge in [-0.25, -0.2) is 9.98 Å². The summed E-state index contributed by atoms with van der Waals surface area (Å²) >= 11 is 9.59. The van der Waals surface area contributed by atoms with E-state index in [1.807, 2.05) is 67.0 Å². The molecule has 2 amide bonds. The van der Waals surface area contributed by atoms with Crippen molar-refractivity contribution in [3.63, 3.8) is 0 Å². The smallest absolute Gasteiger partial charge is 0.260 e. The monoisotopic (exact) mass is 772 g/mol. The molecule has 14 heteroatoms. The van der Waals surface area contributed by atoms with Crippen molar-refractivity contribution in [2.45, 2.75) is 54.0 Å². The molecule has 2 aromatic heterocycles. The summed E-state index contributed by atoms with van der Waals surface area (Å²) in [6.45, 7) is 13.7. The van der Waals surface area contributed by atoms with E-state index < -0.39 is 0 Å². The first-order chi connectivity index (χ1) is 24.6. The van der Waals surface area contributed by atoms with Crippen molar-refractivity contribution in [1.29, 1.82) is 0 Å². The Morgan fingerprint density at radius 2 is 1.45 bits per heavy atom. The van der Waals surface area contributed by atoms with Crippen molar-refractivity contribution in [2.24, 2.45) is 20.0 Å². The number of nitrogens with one attached hydrogen (secondary N) is 2. The van der Waals surface area contributed by atoms with Gasteiger partial charge >= 0.3 is 0 Å². The zero-order valence-electron chi connectivity index (χ0n) is 29.2. The number of amidine groups is 2. The van der Waals surface area contributed by atoms with E-state index in [1.54, 1.807) is 32.6 Å². The number of aliphatic imine (C=N–C) groups is 4. The third-order valence-electron chi connectivity index (χ3n) is 8.63. The van der Waals surface area contributed by atoms with Crippen LogP contribution in [0.15, 0.2) is 75.7 Å². The average molecular weight is 774 g/mol. The van der Waals surface area contributed by atoms with Crippen molar-refractivity contribution in [1.82, 2.24) is 9.80 Å². The molecule has 0 saturated heterocycles. The highest BCUT2D eigenvalue weighted by Gasteiger charge is 2.36. The number of rotatable bonds is 5. The van der Waals surface area contributed by atoms with Crippen LogP contribution in [0.5, 0.6) is 0 Å². The topological polar surface area (TPSA) is 140 Å². The van der Waals surface area contributed by atoms with Gasteiger partial charge in [-0.05, 0) is 73.0 Å². The van der Waals surface area contributed by atoms with Crippen LogP contribution >= 0.6 is 27.5 Å². The van der Waals surface area contributed by atoms with E-state index in [0.717, 1.165) is 41.2 Å². The molecule has 1 atom stereocenters. The van der Waals surface area contributed by atoms with Crippen LogP contribution in [0.25, 0.3) is 0 Å². The van der Waals surface area contributed by atoms with Crippen LogP contribution in [0.4, 0.5) is 23.1 Å². The minimum absolute atomic E-state index is 0.198. The summed E-state index contributed by atoms with van der Waals surface area (Å²) in [4.78, 5) is 47.6. The molecule has 51 heavy (non-hydrogen) atoms. The predicted molar refractivity (Wildman–Crippen MR) is 206 cm³/mol. The van der Waals surface area contributed by atoms with E-state index in [9.17, 15) is 9.59 Å². The van der Waals surface area contributed by atoms with Gasteiger partial charge in [0.2, 0.25) is 11.8 Å². The summed E-state index contributed by atoms with van der Waals surface area (Å²) in [6, 6.07) is 13.1. The van der Waals surface area contributed by atoms with Gasteiger partial charge in [0.05, 0.1) is 40.5 Å². The van der Waals surface area contributed by atoms with E-state index in [2.05, 4.69) is 48.5 Å². The number of carbonyl (C=O) groups excluding carboxylic acids is 2. The van der Waals surface area contributed by atoms with E-state index in [4.69, 9.17) is 25.4 Å². The summed E-state index contributed by atoms with van der Waals surface area (Å²) < 4.78 is 12.2. The Bertz CT molecular complexity index is 2130. The molecule has 0 bridgehead atoms. The first-order valence-corrected chi connectivity index (χ1v) is 17.9. The number of nitrogens with zero attached hydrogens (tertiary/aromatic N) is 6. The molecule has 6 heterocycles. The zero-order valence-corrected chi connectivity index (χ0v) is 31.5. The van der Waals surface area contributed by atoms with Crippen LogP contribution in [0.1, 0.15) is 76.1 Å². The van der Waals surface area contributed by atoms with Crippen LogP contribution in [0, 0.1) is 20.8 Å². The second kappa shape index (κ2) is 15.1. The number of hydrogen-bond donors (Lipinski definition) is 2. The lowest BCUT2D eigenvalue weighted by atomic mass is 10.1. The molecule has 2 aromatic carbocycles. The number of aryl methyl sites for hydroxylation is 2. The van der Waals surface area contributed by atoms with Crippen LogP contribution in [0.2, 0.25) is 5.02 Å². The normalized spacial score (nSPS) is 16.0. The summed E-state index contributed by atoms with van der Waals surface area (Å²) in [5.41, 5.74) is 4.49. The molecule has 1 unspecified atom stereocenters. The molecule has 4 aliphatic heterocycles. The maximum absolute atomic E-state index is 13.0. The van der Waals surface area contributed by atoms with Crippen LogP contribution < -0.4 is 10.6 Å². The van der Waals surface area contributed by atoms with E-state index in [0.29, 0.717) is 68.5 Å². The van der Waals surface area contributed by atoms with Crippen LogP contribution in [0.3, 0.4) is 0 Å². The molecule has 0 radical (unpaired) electrons. The van der Waals surface area contributed by atoms with Gasteiger partial charge in [0.1, 0.15) is 35.9 Å². The number of benzene rings is 2. The van der Waals surface area contributed by atoms with E-state index in [1.165, 1.54) is 0 Å². The molecule has 0 spiro atoms. The van der Waals surface area contributed by atoms with Gasteiger partial charge in [-0.1, -0.05) is 50.6 Å². The highest BCUT2D eigenvalue weighted by atomic mass is 79.9. The third kappa shape index (κ3) is 6.87. The molecule has 4 aromatic rings. The highest BCUT2D eigenvalue weighted by Crippen LogP contribution is 2.37. The zero-order chi connectivity index (χ0) is 36.4. The Labute approximate surface area is 309 Å².